The molecule has 0 radical (unpaired) electrons. The van der Waals surface area contributed by atoms with Gasteiger partial charge in [-0.1, -0.05) is 0 Å². The minimum absolute atomic E-state index is 0. The van der Waals surface area contributed by atoms with Crippen LogP contribution in [0.3, 0.4) is 0 Å². The first kappa shape index (κ1) is 20.5. The van der Waals surface area contributed by atoms with Gasteiger partial charge in [0.2, 0.25) is 5.91 Å². The third-order valence-electron chi connectivity index (χ3n) is 4.02. The van der Waals surface area contributed by atoms with Crippen LogP contribution in [-0.2, 0) is 9.53 Å². The van der Waals surface area contributed by atoms with E-state index in [2.05, 4.69) is 34.5 Å². The molecule has 0 spiro atoms. The number of amides is 1. The molecule has 0 aromatic carbocycles. The predicted molar refractivity (Wildman–Crippen MR) is 103 cm³/mol. The lowest BCUT2D eigenvalue weighted by Crippen LogP contribution is -2.41. The molecule has 1 heterocycles. The van der Waals surface area contributed by atoms with E-state index >= 15 is 0 Å². The highest BCUT2D eigenvalue weighted by Gasteiger charge is 2.22. The topological polar surface area (TPSA) is 66.0 Å². The molecule has 7 heteroatoms. The fourth-order valence-corrected chi connectivity index (χ4v) is 2.62. The first-order valence-electron chi connectivity index (χ1n) is 8.55. The fourth-order valence-electron chi connectivity index (χ4n) is 2.62. The molecule has 1 saturated carbocycles. The van der Waals surface area contributed by atoms with E-state index < -0.39 is 0 Å². The van der Waals surface area contributed by atoms with Gasteiger partial charge in [0.05, 0.1) is 6.61 Å². The van der Waals surface area contributed by atoms with Crippen LogP contribution < -0.4 is 10.6 Å². The Morgan fingerprint density at radius 1 is 1.35 bits per heavy atom. The van der Waals surface area contributed by atoms with E-state index in [0.717, 1.165) is 57.9 Å². The number of hydrogen-bond acceptors (Lipinski definition) is 3. The zero-order valence-corrected chi connectivity index (χ0v) is 16.7. The number of nitrogens with zero attached hydrogens (tertiary/aromatic N) is 2. The smallest absolute Gasteiger partial charge is 0.220 e. The first-order chi connectivity index (χ1) is 10.7. The van der Waals surface area contributed by atoms with Crippen LogP contribution >= 0.6 is 24.0 Å². The number of rotatable bonds is 8. The summed E-state index contributed by atoms with van der Waals surface area (Å²) in [4.78, 5) is 18.4. The molecule has 0 bridgehead atoms. The van der Waals surface area contributed by atoms with Crippen LogP contribution in [0.25, 0.3) is 0 Å². The quantitative estimate of drug-likeness (QED) is 0.262. The molecular weight excluding hydrogens is 407 g/mol. The summed E-state index contributed by atoms with van der Waals surface area (Å²) in [5.41, 5.74) is 0. The second-order valence-electron chi connectivity index (χ2n) is 6.29. The van der Waals surface area contributed by atoms with Crippen molar-refractivity contribution in [3.8, 4) is 0 Å². The molecular formula is C16H31IN4O2. The Bertz CT molecular complexity index is 382. The summed E-state index contributed by atoms with van der Waals surface area (Å²) in [6.45, 7) is 6.31. The van der Waals surface area contributed by atoms with Gasteiger partial charge in [0.1, 0.15) is 0 Å². The van der Waals surface area contributed by atoms with Crippen LogP contribution in [0.15, 0.2) is 4.99 Å². The number of nitrogens with one attached hydrogen (secondary N) is 2. The maximum Gasteiger partial charge on any atom is 0.220 e. The maximum absolute atomic E-state index is 11.6. The van der Waals surface area contributed by atoms with E-state index in [-0.39, 0.29) is 29.9 Å². The first-order valence-corrected chi connectivity index (χ1v) is 8.55. The molecule has 0 aromatic rings. The summed E-state index contributed by atoms with van der Waals surface area (Å²) in [6, 6.07) is 0.452. The average Bonchev–Trinajstić information content (AvgIpc) is 3.15. The summed E-state index contributed by atoms with van der Waals surface area (Å²) in [6.07, 6.45) is 4.78. The molecule has 1 amide bonds. The zero-order chi connectivity index (χ0) is 15.8. The summed E-state index contributed by atoms with van der Waals surface area (Å²) in [5, 5.41) is 6.33. The van der Waals surface area contributed by atoms with E-state index in [1.807, 2.05) is 0 Å². The van der Waals surface area contributed by atoms with Crippen LogP contribution in [0.2, 0.25) is 0 Å². The molecule has 1 atom stereocenters. The summed E-state index contributed by atoms with van der Waals surface area (Å²) >= 11 is 0. The third-order valence-corrected chi connectivity index (χ3v) is 4.02. The van der Waals surface area contributed by atoms with Crippen molar-refractivity contribution in [2.45, 2.75) is 45.1 Å². The highest BCUT2D eigenvalue weighted by Crippen LogP contribution is 2.18. The maximum atomic E-state index is 11.6. The molecule has 2 N–H and O–H groups in total. The fraction of sp³-hybridized carbons (Fsp3) is 0.875. The van der Waals surface area contributed by atoms with Crippen LogP contribution in [-0.4, -0.2) is 62.7 Å². The van der Waals surface area contributed by atoms with Crippen LogP contribution in [0, 0.1) is 5.92 Å². The molecule has 1 aliphatic carbocycles. The number of guanidine groups is 1. The van der Waals surface area contributed by atoms with Gasteiger partial charge in [-0.3, -0.25) is 9.79 Å². The van der Waals surface area contributed by atoms with Crippen molar-refractivity contribution in [1.82, 2.24) is 15.5 Å². The van der Waals surface area contributed by atoms with Gasteiger partial charge in [0.15, 0.2) is 5.96 Å². The SMILES string of the molecule is CCNC(=NCCCC(=O)NC1CC1)N(C)CC1CCOC1.I. The third kappa shape index (κ3) is 8.19. The molecule has 1 saturated heterocycles. The minimum atomic E-state index is 0. The van der Waals surface area contributed by atoms with Crippen molar-refractivity contribution in [1.29, 1.82) is 0 Å². The second kappa shape index (κ2) is 11.1. The highest BCUT2D eigenvalue weighted by molar-refractivity contribution is 14.0. The van der Waals surface area contributed by atoms with E-state index in [4.69, 9.17) is 4.74 Å². The zero-order valence-electron chi connectivity index (χ0n) is 14.3. The lowest BCUT2D eigenvalue weighted by atomic mass is 10.1. The van der Waals surface area contributed by atoms with Crippen molar-refractivity contribution < 1.29 is 9.53 Å². The van der Waals surface area contributed by atoms with Crippen molar-refractivity contribution in [3.05, 3.63) is 0 Å². The molecule has 2 fully saturated rings. The Hall–Kier alpha value is -0.570. The van der Waals surface area contributed by atoms with Gasteiger partial charge in [0, 0.05) is 51.7 Å². The van der Waals surface area contributed by atoms with Gasteiger partial charge >= 0.3 is 0 Å². The van der Waals surface area contributed by atoms with Crippen molar-refractivity contribution in [3.63, 3.8) is 0 Å². The lowest BCUT2D eigenvalue weighted by molar-refractivity contribution is -0.121. The molecule has 0 aromatic heterocycles. The Labute approximate surface area is 156 Å². The standard InChI is InChI=1S/C16H30N4O2.HI/c1-3-17-16(20(2)11-13-8-10-22-12-13)18-9-4-5-15(21)19-14-6-7-14;/h13-14H,3-12H2,1-2H3,(H,17,18)(H,19,21);1H. The number of carbonyl (C=O) groups excluding carboxylic acids is 1. The largest absolute Gasteiger partial charge is 0.381 e. The Morgan fingerprint density at radius 3 is 2.74 bits per heavy atom. The lowest BCUT2D eigenvalue weighted by Gasteiger charge is -2.24. The Morgan fingerprint density at radius 2 is 2.13 bits per heavy atom. The number of aliphatic imine (C=N–C) groups is 1. The van der Waals surface area contributed by atoms with Gasteiger partial charge in [-0.15, -0.1) is 24.0 Å². The number of hydrogen-bond donors (Lipinski definition) is 2. The highest BCUT2D eigenvalue weighted by atomic mass is 127. The Balaban J connectivity index is 0.00000264. The van der Waals surface area contributed by atoms with Gasteiger partial charge in [-0.2, -0.15) is 0 Å². The molecule has 2 aliphatic rings. The molecule has 23 heavy (non-hydrogen) atoms. The van der Waals surface area contributed by atoms with Crippen LogP contribution in [0.1, 0.15) is 39.0 Å². The molecule has 134 valence electrons. The number of halogens is 1. The van der Waals surface area contributed by atoms with Crippen molar-refractivity contribution >= 4 is 35.8 Å². The normalized spacial score (nSPS) is 20.8. The van der Waals surface area contributed by atoms with E-state index in [1.165, 1.54) is 0 Å². The second-order valence-corrected chi connectivity index (χ2v) is 6.29. The van der Waals surface area contributed by atoms with E-state index in [0.29, 0.717) is 24.9 Å². The van der Waals surface area contributed by atoms with Gasteiger partial charge in [-0.05, 0) is 32.6 Å². The van der Waals surface area contributed by atoms with E-state index in [1.54, 1.807) is 0 Å². The van der Waals surface area contributed by atoms with Crippen molar-refractivity contribution in [2.75, 3.05) is 39.9 Å². The monoisotopic (exact) mass is 438 g/mol. The summed E-state index contributed by atoms with van der Waals surface area (Å²) in [5.74, 6) is 1.69. The summed E-state index contributed by atoms with van der Waals surface area (Å²) in [7, 11) is 2.07. The number of carbonyl (C=O) groups is 1. The van der Waals surface area contributed by atoms with Crippen LogP contribution in [0.5, 0.6) is 0 Å². The predicted octanol–water partition coefficient (Wildman–Crippen LogP) is 1.60. The van der Waals surface area contributed by atoms with E-state index in [9.17, 15) is 4.79 Å². The molecule has 2 rings (SSSR count). The molecule has 6 nitrogen and oxygen atoms in total. The van der Waals surface area contributed by atoms with Crippen LogP contribution in [0.4, 0.5) is 0 Å². The van der Waals surface area contributed by atoms with Gasteiger partial charge in [0.25, 0.3) is 0 Å². The molecule has 1 aliphatic heterocycles. The summed E-state index contributed by atoms with van der Waals surface area (Å²) < 4.78 is 5.43. The number of ether oxygens (including phenoxy) is 1. The average molecular weight is 438 g/mol. The molecule has 1 unspecified atom stereocenters. The minimum Gasteiger partial charge on any atom is -0.381 e. The Kier molecular flexibility index (Phi) is 9.85. The van der Waals surface area contributed by atoms with Crippen molar-refractivity contribution in [2.24, 2.45) is 10.9 Å². The van der Waals surface area contributed by atoms with Gasteiger partial charge < -0.3 is 20.3 Å². The van der Waals surface area contributed by atoms with Gasteiger partial charge in [-0.25, -0.2) is 0 Å².